The molecular weight excluding hydrogens is 356 g/mol. The van der Waals surface area contributed by atoms with E-state index in [0.717, 1.165) is 31.0 Å². The Labute approximate surface area is 176 Å². The lowest BCUT2D eigenvalue weighted by Gasteiger charge is -2.27. The van der Waals surface area contributed by atoms with E-state index in [0.29, 0.717) is 12.6 Å². The molecule has 0 aliphatic carbocycles. The molecule has 29 heavy (non-hydrogen) atoms. The Morgan fingerprint density at radius 3 is 2.52 bits per heavy atom. The molecule has 0 saturated carbocycles. The smallest absolute Gasteiger partial charge is 0.0769 e. The van der Waals surface area contributed by atoms with Crippen molar-refractivity contribution < 1.29 is 4.74 Å². The number of aryl methyl sites for hydroxylation is 1. The molecule has 1 heterocycles. The summed E-state index contributed by atoms with van der Waals surface area (Å²) in [4.78, 5) is 0. The standard InChI is InChI=1S/C23H26N2O.C3H8/c1-18(7-6-12-24-22-8-4-3-5-9-22)13-21-14-20(11-10-19(21)2)15-25-23-16-26-17-23;1-3-2/h3-5,8-11,13-14,23-25H,12,15-17H2,1-2H3;3H2,1-2H3/b18-13+;. The molecule has 1 fully saturated rings. The lowest BCUT2D eigenvalue weighted by Crippen LogP contribution is -2.45. The highest BCUT2D eigenvalue weighted by atomic mass is 16.5. The molecule has 0 atom stereocenters. The lowest BCUT2D eigenvalue weighted by atomic mass is 10.0. The van der Waals surface area contributed by atoms with Gasteiger partial charge in [0.1, 0.15) is 0 Å². The predicted molar refractivity (Wildman–Crippen MR) is 125 cm³/mol. The molecule has 3 rings (SSSR count). The highest BCUT2D eigenvalue weighted by Crippen LogP contribution is 2.15. The zero-order chi connectivity index (χ0) is 20.9. The molecule has 0 amide bonds. The van der Waals surface area contributed by atoms with Crippen LogP contribution in [0.25, 0.3) is 6.08 Å². The van der Waals surface area contributed by atoms with Crippen LogP contribution in [-0.2, 0) is 11.3 Å². The van der Waals surface area contributed by atoms with Gasteiger partial charge in [-0.2, -0.15) is 0 Å². The van der Waals surface area contributed by atoms with Gasteiger partial charge < -0.3 is 15.4 Å². The molecule has 3 heteroatoms. The van der Waals surface area contributed by atoms with E-state index in [9.17, 15) is 0 Å². The van der Waals surface area contributed by atoms with Crippen molar-refractivity contribution in [2.24, 2.45) is 0 Å². The molecule has 3 nitrogen and oxygen atoms in total. The average molecular weight is 391 g/mol. The molecule has 1 aliphatic rings. The summed E-state index contributed by atoms with van der Waals surface area (Å²) >= 11 is 0. The van der Waals surface area contributed by atoms with Crippen LogP contribution in [0, 0.1) is 18.8 Å². The Bertz CT molecular complexity index is 827. The predicted octanol–water partition coefficient (Wildman–Crippen LogP) is 5.42. The molecule has 1 aliphatic heterocycles. The molecule has 0 bridgehead atoms. The van der Waals surface area contributed by atoms with Gasteiger partial charge in [-0.05, 0) is 54.3 Å². The number of allylic oxidation sites excluding steroid dienone is 1. The van der Waals surface area contributed by atoms with Crippen LogP contribution >= 0.6 is 0 Å². The Morgan fingerprint density at radius 2 is 1.86 bits per heavy atom. The van der Waals surface area contributed by atoms with E-state index >= 15 is 0 Å². The van der Waals surface area contributed by atoms with Gasteiger partial charge in [-0.25, -0.2) is 0 Å². The van der Waals surface area contributed by atoms with E-state index < -0.39 is 0 Å². The van der Waals surface area contributed by atoms with Crippen LogP contribution in [0.1, 0.15) is 43.9 Å². The Balaban J connectivity index is 0.000000941. The molecule has 0 spiro atoms. The first-order valence-electron chi connectivity index (χ1n) is 10.5. The van der Waals surface area contributed by atoms with Crippen molar-refractivity contribution in [1.29, 1.82) is 0 Å². The van der Waals surface area contributed by atoms with Gasteiger partial charge in [-0.1, -0.05) is 68.5 Å². The van der Waals surface area contributed by atoms with Gasteiger partial charge in [-0.3, -0.25) is 0 Å². The fraction of sp³-hybridized carbons (Fsp3) is 0.385. The van der Waals surface area contributed by atoms with Gasteiger partial charge in [0.25, 0.3) is 0 Å². The van der Waals surface area contributed by atoms with E-state index in [-0.39, 0.29) is 0 Å². The van der Waals surface area contributed by atoms with E-state index in [2.05, 4.69) is 74.4 Å². The zero-order valence-corrected chi connectivity index (χ0v) is 18.2. The third kappa shape index (κ3) is 8.56. The quantitative estimate of drug-likeness (QED) is 0.646. The number of ether oxygens (including phenoxy) is 1. The first kappa shape index (κ1) is 22.7. The summed E-state index contributed by atoms with van der Waals surface area (Å²) in [5.41, 5.74) is 5.96. The van der Waals surface area contributed by atoms with Crippen molar-refractivity contribution >= 4 is 11.8 Å². The Kier molecular flexibility index (Phi) is 10.1. The zero-order valence-electron chi connectivity index (χ0n) is 18.2. The maximum absolute atomic E-state index is 5.20. The van der Waals surface area contributed by atoms with Crippen LogP contribution in [0.4, 0.5) is 5.69 Å². The van der Waals surface area contributed by atoms with Crippen molar-refractivity contribution in [3.63, 3.8) is 0 Å². The molecule has 0 aromatic heterocycles. The highest BCUT2D eigenvalue weighted by molar-refractivity contribution is 5.61. The molecule has 0 unspecified atom stereocenters. The van der Waals surface area contributed by atoms with Gasteiger partial charge in [-0.15, -0.1) is 0 Å². The minimum absolute atomic E-state index is 0.500. The van der Waals surface area contributed by atoms with E-state index in [1.165, 1.54) is 23.1 Å². The highest BCUT2D eigenvalue weighted by Gasteiger charge is 2.16. The third-order valence-corrected chi connectivity index (χ3v) is 4.39. The summed E-state index contributed by atoms with van der Waals surface area (Å²) in [5, 5.41) is 6.81. The van der Waals surface area contributed by atoms with E-state index in [1.807, 2.05) is 30.3 Å². The molecule has 0 radical (unpaired) electrons. The van der Waals surface area contributed by atoms with Gasteiger partial charge in [0.2, 0.25) is 0 Å². The van der Waals surface area contributed by atoms with Crippen LogP contribution in [0.15, 0.2) is 54.1 Å². The lowest BCUT2D eigenvalue weighted by molar-refractivity contribution is -0.00578. The van der Waals surface area contributed by atoms with Crippen molar-refractivity contribution in [2.45, 2.75) is 46.7 Å². The maximum atomic E-state index is 5.20. The second-order valence-electron chi connectivity index (χ2n) is 7.36. The number of hydrogen-bond donors (Lipinski definition) is 2. The summed E-state index contributed by atoms with van der Waals surface area (Å²) < 4.78 is 5.20. The number of anilines is 1. The summed E-state index contributed by atoms with van der Waals surface area (Å²) in [6, 6.07) is 17.2. The van der Waals surface area contributed by atoms with Crippen LogP contribution in [0.3, 0.4) is 0 Å². The molecule has 2 aromatic rings. The molecule has 2 N–H and O–H groups in total. The number of para-hydroxylation sites is 1. The molecule has 2 aromatic carbocycles. The largest absolute Gasteiger partial charge is 0.378 e. The Morgan fingerprint density at radius 1 is 1.14 bits per heavy atom. The summed E-state index contributed by atoms with van der Waals surface area (Å²) in [7, 11) is 0. The molecule has 1 saturated heterocycles. The van der Waals surface area contributed by atoms with Crippen molar-refractivity contribution in [3.8, 4) is 11.8 Å². The fourth-order valence-electron chi connectivity index (χ4n) is 2.73. The monoisotopic (exact) mass is 390 g/mol. The summed E-state index contributed by atoms with van der Waals surface area (Å²) in [5.74, 6) is 6.42. The van der Waals surface area contributed by atoms with E-state index in [1.54, 1.807) is 0 Å². The van der Waals surface area contributed by atoms with Crippen LogP contribution < -0.4 is 10.6 Å². The second kappa shape index (κ2) is 12.8. The number of benzene rings is 2. The van der Waals surface area contributed by atoms with Gasteiger partial charge in [0.05, 0.1) is 25.8 Å². The maximum Gasteiger partial charge on any atom is 0.0769 e. The molecular formula is C26H34N2O. The Hall–Kier alpha value is -2.54. The minimum Gasteiger partial charge on any atom is -0.378 e. The van der Waals surface area contributed by atoms with E-state index in [4.69, 9.17) is 4.74 Å². The molecule has 154 valence electrons. The van der Waals surface area contributed by atoms with Gasteiger partial charge in [0, 0.05) is 12.2 Å². The number of hydrogen-bond acceptors (Lipinski definition) is 3. The average Bonchev–Trinajstić information content (AvgIpc) is 2.68. The SMILES string of the molecule is C/C(C#CCNc1ccccc1)=C\c1cc(CNC2COC2)ccc1C.CCC. The van der Waals surface area contributed by atoms with Crippen molar-refractivity contribution in [2.75, 3.05) is 25.1 Å². The van der Waals surface area contributed by atoms with Crippen molar-refractivity contribution in [3.05, 3.63) is 70.8 Å². The second-order valence-corrected chi connectivity index (χ2v) is 7.36. The van der Waals surface area contributed by atoms with Gasteiger partial charge >= 0.3 is 0 Å². The first-order valence-corrected chi connectivity index (χ1v) is 10.5. The van der Waals surface area contributed by atoms with Crippen molar-refractivity contribution in [1.82, 2.24) is 5.32 Å². The van der Waals surface area contributed by atoms with Gasteiger partial charge in [0.15, 0.2) is 0 Å². The third-order valence-electron chi connectivity index (χ3n) is 4.39. The summed E-state index contributed by atoms with van der Waals surface area (Å²) in [6.07, 6.45) is 3.42. The topological polar surface area (TPSA) is 33.3 Å². The number of nitrogens with one attached hydrogen (secondary N) is 2. The minimum atomic E-state index is 0.500. The number of rotatable bonds is 6. The van der Waals surface area contributed by atoms with Crippen LogP contribution in [0.5, 0.6) is 0 Å². The normalized spacial score (nSPS) is 13.4. The van der Waals surface area contributed by atoms with Crippen LogP contribution in [-0.4, -0.2) is 25.8 Å². The summed E-state index contributed by atoms with van der Waals surface area (Å²) in [6.45, 7) is 11.6. The van der Waals surface area contributed by atoms with Crippen LogP contribution in [0.2, 0.25) is 0 Å². The fourth-order valence-corrected chi connectivity index (χ4v) is 2.73. The first-order chi connectivity index (χ1) is 14.1.